The molecule has 21 heavy (non-hydrogen) atoms. The molecule has 0 saturated carbocycles. The number of anilines is 1. The summed E-state index contributed by atoms with van der Waals surface area (Å²) >= 11 is 0. The predicted octanol–water partition coefficient (Wildman–Crippen LogP) is 1.10. The highest BCUT2D eigenvalue weighted by Gasteiger charge is 2.16. The number of aromatic nitrogens is 5. The highest BCUT2D eigenvalue weighted by molar-refractivity contribution is 7.92. The quantitative estimate of drug-likeness (QED) is 0.751. The second-order valence-electron chi connectivity index (χ2n) is 4.30. The third-order valence-electron chi connectivity index (χ3n) is 2.74. The van der Waals surface area contributed by atoms with Gasteiger partial charge in [0.15, 0.2) is 5.03 Å². The summed E-state index contributed by atoms with van der Waals surface area (Å²) in [5.74, 6) is 0.537. The van der Waals surface area contributed by atoms with Gasteiger partial charge in [-0.25, -0.2) is 4.98 Å². The van der Waals surface area contributed by atoms with E-state index in [9.17, 15) is 8.42 Å². The van der Waals surface area contributed by atoms with Crippen LogP contribution in [-0.4, -0.2) is 33.4 Å². The van der Waals surface area contributed by atoms with Crippen LogP contribution in [-0.2, 0) is 10.0 Å². The molecule has 3 aromatic rings. The first kappa shape index (κ1) is 13.3. The number of nitrogens with one attached hydrogen (secondary N) is 2. The second kappa shape index (κ2) is 5.02. The molecule has 0 spiro atoms. The molecular formula is C12H12N6O2S. The molecule has 8 nitrogen and oxygen atoms in total. The normalized spacial score (nSPS) is 11.5. The fraction of sp³-hybridized carbons (Fsp3) is 0.0833. The summed E-state index contributed by atoms with van der Waals surface area (Å²) in [4.78, 5) is 8.00. The molecule has 3 rings (SSSR count). The second-order valence-corrected chi connectivity index (χ2v) is 5.95. The van der Waals surface area contributed by atoms with Crippen LogP contribution in [0.5, 0.6) is 0 Å². The minimum Gasteiger partial charge on any atom is -0.332 e. The lowest BCUT2D eigenvalue weighted by molar-refractivity contribution is 0.598. The fourth-order valence-electron chi connectivity index (χ4n) is 1.76. The molecule has 2 aromatic heterocycles. The van der Waals surface area contributed by atoms with E-state index in [-0.39, 0.29) is 5.03 Å². The Morgan fingerprint density at radius 2 is 1.81 bits per heavy atom. The third kappa shape index (κ3) is 2.77. The van der Waals surface area contributed by atoms with Gasteiger partial charge in [-0.3, -0.25) is 4.72 Å². The average Bonchev–Trinajstić information content (AvgIpc) is 3.10. The molecule has 0 aliphatic heterocycles. The SMILES string of the molecule is Cc1ncc(S(=O)(=O)Nc2ccc(-n3nccn3)cc2)[nH]1. The van der Waals surface area contributed by atoms with Gasteiger partial charge in [-0.1, -0.05) is 0 Å². The minimum absolute atomic E-state index is 0.0258. The summed E-state index contributed by atoms with van der Waals surface area (Å²) in [7, 11) is -3.67. The van der Waals surface area contributed by atoms with Crippen LogP contribution in [0.3, 0.4) is 0 Å². The topological polar surface area (TPSA) is 106 Å². The lowest BCUT2D eigenvalue weighted by atomic mass is 10.3. The van der Waals surface area contributed by atoms with Crippen LogP contribution in [0.15, 0.2) is 47.9 Å². The Kier molecular flexibility index (Phi) is 3.18. The summed E-state index contributed by atoms with van der Waals surface area (Å²) in [5.41, 5.74) is 1.18. The summed E-state index contributed by atoms with van der Waals surface area (Å²) in [6, 6.07) is 6.71. The van der Waals surface area contributed by atoms with Gasteiger partial charge < -0.3 is 4.98 Å². The molecule has 0 atom stereocenters. The van der Waals surface area contributed by atoms with Crippen molar-refractivity contribution < 1.29 is 8.42 Å². The van der Waals surface area contributed by atoms with Crippen LogP contribution in [0, 0.1) is 6.92 Å². The van der Waals surface area contributed by atoms with Gasteiger partial charge in [0.25, 0.3) is 10.0 Å². The molecule has 2 N–H and O–H groups in total. The standard InChI is InChI=1S/C12H12N6O2S/c1-9-13-8-12(16-9)21(19,20)17-10-2-4-11(5-3-10)18-14-6-7-15-18/h2-8,17H,1H3,(H,13,16). The van der Waals surface area contributed by atoms with E-state index in [0.717, 1.165) is 5.69 Å². The summed E-state index contributed by atoms with van der Waals surface area (Å²) < 4.78 is 26.7. The van der Waals surface area contributed by atoms with Crippen molar-refractivity contribution in [2.24, 2.45) is 0 Å². The van der Waals surface area contributed by atoms with Crippen molar-refractivity contribution in [3.05, 3.63) is 48.7 Å². The number of hydrogen-bond donors (Lipinski definition) is 2. The molecule has 0 aliphatic rings. The van der Waals surface area contributed by atoms with Gasteiger partial charge in [0, 0.05) is 5.69 Å². The zero-order valence-electron chi connectivity index (χ0n) is 11.1. The van der Waals surface area contributed by atoms with E-state index >= 15 is 0 Å². The van der Waals surface area contributed by atoms with Crippen LogP contribution in [0.2, 0.25) is 0 Å². The van der Waals surface area contributed by atoms with Crippen molar-refractivity contribution in [1.82, 2.24) is 25.0 Å². The van der Waals surface area contributed by atoms with Crippen molar-refractivity contribution in [2.75, 3.05) is 4.72 Å². The largest absolute Gasteiger partial charge is 0.332 e. The molecule has 0 radical (unpaired) electrons. The Morgan fingerprint density at radius 1 is 1.14 bits per heavy atom. The zero-order chi connectivity index (χ0) is 14.9. The van der Waals surface area contributed by atoms with Crippen molar-refractivity contribution in [1.29, 1.82) is 0 Å². The molecule has 1 aromatic carbocycles. The number of hydrogen-bond acceptors (Lipinski definition) is 5. The Hall–Kier alpha value is -2.68. The Bertz CT molecular complexity index is 836. The summed E-state index contributed by atoms with van der Waals surface area (Å²) in [5, 5.41) is 8.02. The van der Waals surface area contributed by atoms with E-state index in [1.54, 1.807) is 43.6 Å². The molecule has 0 bridgehead atoms. The van der Waals surface area contributed by atoms with Crippen molar-refractivity contribution in [3.63, 3.8) is 0 Å². The highest BCUT2D eigenvalue weighted by Crippen LogP contribution is 2.16. The van der Waals surface area contributed by atoms with Crippen LogP contribution in [0.25, 0.3) is 5.69 Å². The number of aromatic amines is 1. The number of nitrogens with zero attached hydrogens (tertiary/aromatic N) is 4. The summed E-state index contributed by atoms with van der Waals surface area (Å²) in [6.07, 6.45) is 4.41. The predicted molar refractivity (Wildman–Crippen MR) is 75.5 cm³/mol. The van der Waals surface area contributed by atoms with E-state index < -0.39 is 10.0 Å². The van der Waals surface area contributed by atoms with Crippen molar-refractivity contribution in [3.8, 4) is 5.69 Å². The maximum atomic E-state index is 12.1. The van der Waals surface area contributed by atoms with E-state index in [2.05, 4.69) is 24.9 Å². The van der Waals surface area contributed by atoms with Gasteiger partial charge in [-0.15, -0.1) is 0 Å². The van der Waals surface area contributed by atoms with Crippen LogP contribution < -0.4 is 4.72 Å². The molecule has 0 aliphatic carbocycles. The molecule has 108 valence electrons. The molecule has 9 heteroatoms. The van der Waals surface area contributed by atoms with Gasteiger partial charge in [0.1, 0.15) is 5.82 Å². The number of aryl methyl sites for hydroxylation is 1. The van der Waals surface area contributed by atoms with Crippen molar-refractivity contribution in [2.45, 2.75) is 11.9 Å². The summed E-state index contributed by atoms with van der Waals surface area (Å²) in [6.45, 7) is 1.69. The number of sulfonamides is 1. The molecular weight excluding hydrogens is 292 g/mol. The zero-order valence-corrected chi connectivity index (χ0v) is 11.9. The highest BCUT2D eigenvalue weighted by atomic mass is 32.2. The fourth-order valence-corrected chi connectivity index (χ4v) is 2.79. The van der Waals surface area contributed by atoms with Crippen molar-refractivity contribution >= 4 is 15.7 Å². The van der Waals surface area contributed by atoms with E-state index in [1.807, 2.05) is 0 Å². The minimum atomic E-state index is -3.67. The Morgan fingerprint density at radius 3 is 2.38 bits per heavy atom. The molecule has 0 fully saturated rings. The van der Waals surface area contributed by atoms with Gasteiger partial charge in [0.2, 0.25) is 0 Å². The Balaban J connectivity index is 1.82. The Labute approximate surface area is 120 Å². The maximum Gasteiger partial charge on any atom is 0.278 e. The first-order chi connectivity index (χ1) is 10.0. The maximum absolute atomic E-state index is 12.1. The van der Waals surface area contributed by atoms with E-state index in [4.69, 9.17) is 0 Å². The van der Waals surface area contributed by atoms with Crippen LogP contribution >= 0.6 is 0 Å². The van der Waals surface area contributed by atoms with Gasteiger partial charge in [-0.2, -0.15) is 23.4 Å². The number of imidazole rings is 1. The van der Waals surface area contributed by atoms with Crippen LogP contribution in [0.4, 0.5) is 5.69 Å². The monoisotopic (exact) mass is 304 g/mol. The molecule has 2 heterocycles. The van der Waals surface area contributed by atoms with E-state index in [0.29, 0.717) is 11.5 Å². The molecule has 0 unspecified atom stereocenters. The lowest BCUT2D eigenvalue weighted by Crippen LogP contribution is -2.13. The number of benzene rings is 1. The van der Waals surface area contributed by atoms with Crippen LogP contribution in [0.1, 0.15) is 5.82 Å². The smallest absolute Gasteiger partial charge is 0.278 e. The molecule has 0 saturated heterocycles. The first-order valence-electron chi connectivity index (χ1n) is 6.06. The number of H-pyrrole nitrogens is 1. The average molecular weight is 304 g/mol. The third-order valence-corrected chi connectivity index (χ3v) is 4.03. The molecule has 0 amide bonds. The van der Waals surface area contributed by atoms with Gasteiger partial charge in [0.05, 0.1) is 24.3 Å². The van der Waals surface area contributed by atoms with E-state index in [1.165, 1.54) is 11.0 Å². The van der Waals surface area contributed by atoms with Gasteiger partial charge in [-0.05, 0) is 31.2 Å². The lowest BCUT2D eigenvalue weighted by Gasteiger charge is -2.07. The van der Waals surface area contributed by atoms with Gasteiger partial charge >= 0.3 is 0 Å². The first-order valence-corrected chi connectivity index (χ1v) is 7.54. The number of rotatable bonds is 4.